The highest BCUT2D eigenvalue weighted by Crippen LogP contribution is 2.58. The van der Waals surface area contributed by atoms with Crippen molar-refractivity contribution < 1.29 is 9.47 Å². The summed E-state index contributed by atoms with van der Waals surface area (Å²) in [6, 6.07) is 144. The third-order valence-electron chi connectivity index (χ3n) is 24.6. The van der Waals surface area contributed by atoms with Crippen molar-refractivity contribution in [2.24, 2.45) is 0 Å². The van der Waals surface area contributed by atoms with Crippen molar-refractivity contribution in [3.8, 4) is 158 Å². The van der Waals surface area contributed by atoms with Crippen molar-refractivity contribution in [3.05, 3.63) is 458 Å². The molecule has 0 N–H and O–H groups in total. The van der Waals surface area contributed by atoms with Crippen LogP contribution in [0.4, 0.5) is 0 Å². The van der Waals surface area contributed by atoms with Gasteiger partial charge < -0.3 is 18.6 Å². The van der Waals surface area contributed by atoms with Gasteiger partial charge in [-0.25, -0.2) is 29.9 Å². The Labute approximate surface area is 718 Å². The maximum atomic E-state index is 7.05. The van der Waals surface area contributed by atoms with E-state index in [1.165, 1.54) is 44.2 Å². The Bertz CT molecular complexity index is 7390. The molecule has 4 aliphatic rings. The second-order valence-corrected chi connectivity index (χ2v) is 31.8. The first-order chi connectivity index (χ1) is 61.5. The second kappa shape index (κ2) is 31.1. The second-order valence-electron chi connectivity index (χ2n) is 31.8. The van der Waals surface area contributed by atoms with Crippen molar-refractivity contribution >= 4 is 34.0 Å². The van der Waals surface area contributed by atoms with Crippen LogP contribution in [-0.2, 0) is 0 Å². The summed E-state index contributed by atoms with van der Waals surface area (Å²) >= 11 is 0. The van der Waals surface area contributed by atoms with Crippen LogP contribution in [0, 0.1) is 0 Å². The summed E-state index contributed by atoms with van der Waals surface area (Å²) in [6.07, 6.45) is 8.73. The Kier molecular flexibility index (Phi) is 18.3. The summed E-state index contributed by atoms with van der Waals surface area (Å²) in [4.78, 5) is 31.3. The molecule has 10 nitrogen and oxygen atoms in total. The minimum Gasteiger partial charge on any atom is -0.484 e. The highest BCUT2D eigenvalue weighted by atomic mass is 16.5. The van der Waals surface area contributed by atoms with Crippen LogP contribution in [0.2, 0.25) is 0 Å². The largest absolute Gasteiger partial charge is 0.484 e. The van der Waals surface area contributed by atoms with Crippen LogP contribution in [0.3, 0.4) is 0 Å². The van der Waals surface area contributed by atoms with E-state index in [4.69, 9.17) is 39.4 Å². The molecular formula is C114H76N8O2. The highest BCUT2D eigenvalue weighted by molar-refractivity contribution is 5.95. The van der Waals surface area contributed by atoms with Gasteiger partial charge in [0.05, 0.1) is 22.4 Å². The smallest absolute Gasteiger partial charge is 0.164 e. The van der Waals surface area contributed by atoms with Crippen LogP contribution in [0.25, 0.3) is 180 Å². The van der Waals surface area contributed by atoms with Gasteiger partial charge in [0.1, 0.15) is 23.7 Å². The molecule has 0 radical (unpaired) electrons. The standard InChI is InChI=1S/2C57H38N4O/c1-4-14-37(15-5-1)40-26-28-42(29-27-40)55-58-56(44-21-12-20-43(36-44)39-18-8-3-9-19-39)60-57(59-55)48-23-13-25-51-52(48)47-34-35-50-53(54(47)62-51)46-22-10-11-24-49(46)61(50)45-32-30-41(31-33-45)38-16-6-2-7-17-38;1-4-13-37(14-5-1)40-23-27-43(28-24-40)55-58-56(44-29-25-41(26-30-44)38-15-6-2-7-16-38)60-57(59-55)48-20-12-22-51-52(48)47-35-36-50-53(54(47)62-51)46-19-10-11-21-49(46)61(50)45-33-31-42(32-34-45)39-17-8-3-9-18-39/h2*1-36,47,54H. The summed E-state index contributed by atoms with van der Waals surface area (Å²) in [7, 11) is 0. The fourth-order valence-electron chi connectivity index (χ4n) is 18.6. The summed E-state index contributed by atoms with van der Waals surface area (Å²) in [5.74, 6) is 5.30. The van der Waals surface area contributed by atoms with Gasteiger partial charge in [-0.3, -0.25) is 0 Å². The van der Waals surface area contributed by atoms with Gasteiger partial charge in [-0.15, -0.1) is 0 Å². The SMILES string of the molecule is C1=CC2c3c(cccc3-c3nc(-c4ccc(-c5ccccc5)cc4)nc(-c4ccc(-c5ccccc5)cc4)n3)OC2c2c1n(-c1ccc(-c3ccccc3)cc1)c1ccccc21.C1=CC2c3c(cccc3-c3nc(-c4ccc(-c5ccccc5)cc4)nc(-c4cccc(-c5ccccc5)c4)n3)OC2c2c1n(-c1ccc(-c3ccccc3)cc1)c1ccccc21. The molecule has 4 aromatic heterocycles. The predicted octanol–water partition coefficient (Wildman–Crippen LogP) is 28.1. The maximum Gasteiger partial charge on any atom is 0.164 e. The molecule has 2 aliphatic carbocycles. The lowest BCUT2D eigenvalue weighted by atomic mass is 9.83. The molecule has 0 saturated heterocycles. The number of rotatable bonds is 14. The zero-order valence-corrected chi connectivity index (χ0v) is 67.3. The van der Waals surface area contributed by atoms with Gasteiger partial charge in [-0.1, -0.05) is 370 Å². The van der Waals surface area contributed by atoms with Gasteiger partial charge in [-0.2, -0.15) is 0 Å². The lowest BCUT2D eigenvalue weighted by Crippen LogP contribution is -2.14. The van der Waals surface area contributed by atoms with Crippen molar-refractivity contribution in [1.29, 1.82) is 0 Å². The number of aromatic nitrogens is 8. The van der Waals surface area contributed by atoms with Crippen LogP contribution in [0.15, 0.2) is 425 Å². The molecule has 0 amide bonds. The number of ether oxygens (including phenoxy) is 2. The lowest BCUT2D eigenvalue weighted by molar-refractivity contribution is 0.224. The minimum absolute atomic E-state index is 0.0487. The summed E-state index contributed by atoms with van der Waals surface area (Å²) < 4.78 is 18.8. The van der Waals surface area contributed by atoms with Crippen molar-refractivity contribution in [1.82, 2.24) is 39.0 Å². The number of hydrogen-bond donors (Lipinski definition) is 0. The van der Waals surface area contributed by atoms with Crippen LogP contribution in [0.1, 0.15) is 57.7 Å². The first-order valence-corrected chi connectivity index (χ1v) is 42.2. The quantitative estimate of drug-likeness (QED) is 0.106. The highest BCUT2D eigenvalue weighted by Gasteiger charge is 2.44. The number of hydrogen-bond acceptors (Lipinski definition) is 8. The van der Waals surface area contributed by atoms with Gasteiger partial charge in [0.2, 0.25) is 0 Å². The molecular weight excluding hydrogens is 1510 g/mol. The average molecular weight is 1590 g/mol. The van der Waals surface area contributed by atoms with E-state index < -0.39 is 0 Å². The van der Waals surface area contributed by atoms with E-state index in [1.807, 2.05) is 24.3 Å². The summed E-state index contributed by atoms with van der Waals surface area (Å²) in [6.45, 7) is 0. The van der Waals surface area contributed by atoms with Crippen LogP contribution in [-0.4, -0.2) is 39.0 Å². The molecule has 20 aromatic rings. The van der Waals surface area contributed by atoms with Gasteiger partial charge in [-0.05, 0) is 134 Å². The Morgan fingerprint density at radius 2 is 0.460 bits per heavy atom. The van der Waals surface area contributed by atoms with Crippen LogP contribution < -0.4 is 9.47 Å². The molecule has 10 heteroatoms. The Morgan fingerprint density at radius 3 is 0.806 bits per heavy atom. The van der Waals surface area contributed by atoms with E-state index in [2.05, 4.69) is 422 Å². The molecule has 0 bridgehead atoms. The fraction of sp³-hybridized carbons (Fsp3) is 0.0351. The molecule has 24 rings (SSSR count). The third-order valence-corrected chi connectivity index (χ3v) is 24.6. The van der Waals surface area contributed by atoms with Crippen LogP contribution in [0.5, 0.6) is 11.5 Å². The van der Waals surface area contributed by atoms with E-state index >= 15 is 0 Å². The van der Waals surface area contributed by atoms with Gasteiger partial charge in [0.15, 0.2) is 34.9 Å². The number of nitrogens with zero attached hydrogens (tertiary/aromatic N) is 8. The molecule has 124 heavy (non-hydrogen) atoms. The molecule has 4 atom stereocenters. The number of benzene rings is 16. The van der Waals surface area contributed by atoms with Gasteiger partial charge in [0, 0.05) is 89.6 Å². The molecule has 4 unspecified atom stereocenters. The molecule has 0 spiro atoms. The van der Waals surface area contributed by atoms with E-state index in [-0.39, 0.29) is 24.0 Å². The maximum absolute atomic E-state index is 7.05. The Morgan fingerprint density at radius 1 is 0.202 bits per heavy atom. The lowest BCUT2D eigenvalue weighted by Gasteiger charge is -2.23. The van der Waals surface area contributed by atoms with Crippen molar-refractivity contribution in [3.63, 3.8) is 0 Å². The number of para-hydroxylation sites is 2. The fourth-order valence-corrected chi connectivity index (χ4v) is 18.6. The van der Waals surface area contributed by atoms with Crippen LogP contribution >= 0.6 is 0 Å². The molecule has 2 aliphatic heterocycles. The normalized spacial score (nSPS) is 14.8. The van der Waals surface area contributed by atoms with E-state index in [0.29, 0.717) is 34.9 Å². The molecule has 0 saturated carbocycles. The summed E-state index contributed by atoms with van der Waals surface area (Å²) in [5, 5.41) is 2.37. The monoisotopic (exact) mass is 1590 g/mol. The Hall–Kier alpha value is -16.3. The van der Waals surface area contributed by atoms with Crippen molar-refractivity contribution in [2.75, 3.05) is 0 Å². The van der Waals surface area contributed by atoms with Crippen molar-refractivity contribution in [2.45, 2.75) is 24.0 Å². The average Bonchev–Trinajstić information content (AvgIpc) is 1.56. The topological polar surface area (TPSA) is 106 Å². The summed E-state index contributed by atoms with van der Waals surface area (Å²) in [5.41, 5.74) is 30.8. The molecule has 6 heterocycles. The zero-order valence-electron chi connectivity index (χ0n) is 67.3. The first-order valence-electron chi connectivity index (χ1n) is 42.2. The van der Waals surface area contributed by atoms with Gasteiger partial charge in [0.25, 0.3) is 0 Å². The molecule has 0 fully saturated rings. The van der Waals surface area contributed by atoms with E-state index in [0.717, 1.165) is 134 Å². The van der Waals surface area contributed by atoms with E-state index in [1.54, 1.807) is 0 Å². The zero-order chi connectivity index (χ0) is 82.0. The number of fused-ring (bicyclic) bond motifs is 14. The third kappa shape index (κ3) is 13.3. The minimum atomic E-state index is -0.227. The Balaban J connectivity index is 0.000000143. The van der Waals surface area contributed by atoms with E-state index in [9.17, 15) is 0 Å². The molecule has 16 aromatic carbocycles. The van der Waals surface area contributed by atoms with Gasteiger partial charge >= 0.3 is 0 Å². The predicted molar refractivity (Wildman–Crippen MR) is 502 cm³/mol. The molecule has 584 valence electrons. The first kappa shape index (κ1) is 72.9.